The van der Waals surface area contributed by atoms with Gasteiger partial charge in [-0.2, -0.15) is 0 Å². The van der Waals surface area contributed by atoms with E-state index in [9.17, 15) is 13.2 Å². The largest absolute Gasteiger partial charge is 0.459 e. The van der Waals surface area contributed by atoms with E-state index in [2.05, 4.69) is 6.92 Å². The maximum atomic E-state index is 11.9. The number of hydrogen-bond donors (Lipinski definition) is 1. The summed E-state index contributed by atoms with van der Waals surface area (Å²) in [5, 5.41) is 5.05. The van der Waals surface area contributed by atoms with Crippen molar-refractivity contribution in [3.8, 4) is 0 Å². The number of rotatable bonds is 9. The lowest BCUT2D eigenvalue weighted by atomic mass is 10.4. The van der Waals surface area contributed by atoms with Gasteiger partial charge in [0.25, 0.3) is 0 Å². The monoisotopic (exact) mass is 318 g/mol. The minimum atomic E-state index is -3.84. The molecule has 2 N–H and O–H groups in total. The molecule has 0 atom stereocenters. The number of carbonyl (C=O) groups is 1. The van der Waals surface area contributed by atoms with E-state index in [1.165, 1.54) is 16.8 Å². The first kappa shape index (κ1) is 17.7. The molecule has 1 aromatic heterocycles. The molecule has 0 bridgehead atoms. The van der Waals surface area contributed by atoms with Crippen LogP contribution in [0.3, 0.4) is 0 Å². The summed E-state index contributed by atoms with van der Waals surface area (Å²) in [5.74, 6) is -0.592. The molecule has 0 aliphatic rings. The number of nitrogens with zero attached hydrogens (tertiary/aromatic N) is 1. The first-order chi connectivity index (χ1) is 9.90. The van der Waals surface area contributed by atoms with Gasteiger partial charge in [0, 0.05) is 19.3 Å². The molecule has 0 radical (unpaired) electrons. The first-order valence-corrected chi connectivity index (χ1v) is 8.42. The summed E-state index contributed by atoms with van der Waals surface area (Å²) < 4.78 is 34.4. The summed E-state index contributed by atoms with van der Waals surface area (Å²) in [5.41, 5.74) is 0.162. The molecule has 0 aromatic carbocycles. The third kappa shape index (κ3) is 5.49. The second-order valence-electron chi connectivity index (χ2n) is 4.49. The van der Waals surface area contributed by atoms with Gasteiger partial charge in [-0.15, -0.1) is 0 Å². The predicted molar refractivity (Wildman–Crippen MR) is 77.5 cm³/mol. The van der Waals surface area contributed by atoms with Crippen molar-refractivity contribution in [1.29, 1.82) is 0 Å². The van der Waals surface area contributed by atoms with Crippen molar-refractivity contribution in [3.05, 3.63) is 18.0 Å². The highest BCUT2D eigenvalue weighted by Crippen LogP contribution is 2.14. The SMILES string of the molecule is CCCCOCCOC(=O)c1cc(S(N)(=O)=O)cn1CC. The predicted octanol–water partition coefficient (Wildman–Crippen LogP) is 1.13. The van der Waals surface area contributed by atoms with E-state index in [-0.39, 0.29) is 17.2 Å². The number of hydrogen-bond acceptors (Lipinski definition) is 5. The molecule has 0 aliphatic carbocycles. The summed E-state index contributed by atoms with van der Waals surface area (Å²) in [6, 6.07) is 1.22. The van der Waals surface area contributed by atoms with Crippen molar-refractivity contribution in [3.63, 3.8) is 0 Å². The van der Waals surface area contributed by atoms with E-state index in [0.717, 1.165) is 12.8 Å². The Morgan fingerprint density at radius 3 is 2.57 bits per heavy atom. The van der Waals surface area contributed by atoms with Crippen molar-refractivity contribution in [2.24, 2.45) is 5.14 Å². The van der Waals surface area contributed by atoms with Crippen molar-refractivity contribution in [1.82, 2.24) is 4.57 Å². The number of aromatic nitrogens is 1. The van der Waals surface area contributed by atoms with E-state index in [0.29, 0.717) is 19.8 Å². The third-order valence-electron chi connectivity index (χ3n) is 2.85. The van der Waals surface area contributed by atoms with Crippen molar-refractivity contribution < 1.29 is 22.7 Å². The van der Waals surface area contributed by atoms with Gasteiger partial charge in [-0.25, -0.2) is 18.4 Å². The van der Waals surface area contributed by atoms with Gasteiger partial charge in [-0.05, 0) is 19.4 Å². The maximum absolute atomic E-state index is 11.9. The Kier molecular flexibility index (Phi) is 6.86. The lowest BCUT2D eigenvalue weighted by Gasteiger charge is -2.07. The number of nitrogens with two attached hydrogens (primary N) is 1. The van der Waals surface area contributed by atoms with Crippen LogP contribution in [0.1, 0.15) is 37.2 Å². The second-order valence-corrected chi connectivity index (χ2v) is 6.06. The molecule has 120 valence electrons. The maximum Gasteiger partial charge on any atom is 0.355 e. The second kappa shape index (κ2) is 8.16. The van der Waals surface area contributed by atoms with Crippen molar-refractivity contribution in [2.75, 3.05) is 19.8 Å². The molecule has 1 heterocycles. The zero-order chi connectivity index (χ0) is 15.9. The van der Waals surface area contributed by atoms with E-state index in [4.69, 9.17) is 14.6 Å². The van der Waals surface area contributed by atoms with E-state index >= 15 is 0 Å². The number of carbonyl (C=O) groups excluding carboxylic acids is 1. The summed E-state index contributed by atoms with van der Waals surface area (Å²) in [6.07, 6.45) is 3.33. The number of aryl methyl sites for hydroxylation is 1. The fourth-order valence-corrected chi connectivity index (χ4v) is 2.24. The molecule has 1 aromatic rings. The minimum Gasteiger partial charge on any atom is -0.459 e. The fraction of sp³-hybridized carbons (Fsp3) is 0.615. The van der Waals surface area contributed by atoms with Crippen LogP contribution in [0.25, 0.3) is 0 Å². The smallest absolute Gasteiger partial charge is 0.355 e. The van der Waals surface area contributed by atoms with Gasteiger partial charge in [-0.1, -0.05) is 13.3 Å². The third-order valence-corrected chi connectivity index (χ3v) is 3.73. The highest BCUT2D eigenvalue weighted by Gasteiger charge is 2.19. The van der Waals surface area contributed by atoms with Gasteiger partial charge in [0.15, 0.2) is 0 Å². The van der Waals surface area contributed by atoms with Crippen LogP contribution >= 0.6 is 0 Å². The van der Waals surface area contributed by atoms with E-state index in [1.54, 1.807) is 6.92 Å². The van der Waals surface area contributed by atoms with Crippen molar-refractivity contribution >= 4 is 16.0 Å². The van der Waals surface area contributed by atoms with Crippen LogP contribution in [0.5, 0.6) is 0 Å². The van der Waals surface area contributed by atoms with Gasteiger partial charge < -0.3 is 14.0 Å². The Labute approximate surface area is 125 Å². The topological polar surface area (TPSA) is 101 Å². The molecule has 0 saturated carbocycles. The molecule has 0 fully saturated rings. The lowest BCUT2D eigenvalue weighted by Crippen LogP contribution is -2.14. The average molecular weight is 318 g/mol. The summed E-state index contributed by atoms with van der Waals surface area (Å²) in [6.45, 7) is 5.37. The molecule has 0 amide bonds. The molecule has 0 unspecified atom stereocenters. The number of primary sulfonamides is 1. The fourth-order valence-electron chi connectivity index (χ4n) is 1.69. The number of sulfonamides is 1. The Morgan fingerprint density at radius 1 is 1.29 bits per heavy atom. The van der Waals surface area contributed by atoms with Crippen molar-refractivity contribution in [2.45, 2.75) is 38.1 Å². The van der Waals surface area contributed by atoms with Gasteiger partial charge in [0.2, 0.25) is 10.0 Å². The van der Waals surface area contributed by atoms with Crippen LogP contribution in [0, 0.1) is 0 Å². The number of esters is 1. The zero-order valence-corrected chi connectivity index (χ0v) is 13.2. The van der Waals surface area contributed by atoms with Gasteiger partial charge >= 0.3 is 5.97 Å². The standard InChI is InChI=1S/C13H22N2O5S/c1-3-5-6-19-7-8-20-13(16)12-9-11(21(14,17)18)10-15(12)4-2/h9-10H,3-8H2,1-2H3,(H2,14,17,18). The Bertz CT molecular complexity index is 565. The summed E-state index contributed by atoms with van der Waals surface area (Å²) in [4.78, 5) is 11.8. The molecule has 0 aliphatic heterocycles. The van der Waals surface area contributed by atoms with E-state index < -0.39 is 16.0 Å². The van der Waals surface area contributed by atoms with Gasteiger partial charge in [0.05, 0.1) is 6.61 Å². The molecule has 0 spiro atoms. The zero-order valence-electron chi connectivity index (χ0n) is 12.4. The van der Waals surface area contributed by atoms with Crippen LogP contribution < -0.4 is 5.14 Å². The average Bonchev–Trinajstić information content (AvgIpc) is 2.86. The first-order valence-electron chi connectivity index (χ1n) is 6.88. The molecule has 8 heteroatoms. The van der Waals surface area contributed by atoms with Crippen LogP contribution in [0.15, 0.2) is 17.2 Å². The normalized spacial score (nSPS) is 11.6. The molecular formula is C13H22N2O5S. The Morgan fingerprint density at radius 2 is 2.00 bits per heavy atom. The van der Waals surface area contributed by atoms with Gasteiger partial charge in [0.1, 0.15) is 17.2 Å². The Balaban J connectivity index is 2.59. The lowest BCUT2D eigenvalue weighted by molar-refractivity contribution is 0.0303. The van der Waals surface area contributed by atoms with Crippen LogP contribution in [0.2, 0.25) is 0 Å². The number of ether oxygens (including phenoxy) is 2. The highest BCUT2D eigenvalue weighted by atomic mass is 32.2. The molecule has 21 heavy (non-hydrogen) atoms. The molecule has 7 nitrogen and oxygen atoms in total. The van der Waals surface area contributed by atoms with Crippen LogP contribution in [0.4, 0.5) is 0 Å². The summed E-state index contributed by atoms with van der Waals surface area (Å²) >= 11 is 0. The molecule has 1 rings (SSSR count). The van der Waals surface area contributed by atoms with Crippen LogP contribution in [-0.2, 0) is 26.0 Å². The van der Waals surface area contributed by atoms with E-state index in [1.807, 2.05) is 0 Å². The van der Waals surface area contributed by atoms with Crippen LogP contribution in [-0.4, -0.2) is 38.8 Å². The van der Waals surface area contributed by atoms with Gasteiger partial charge in [-0.3, -0.25) is 0 Å². The highest BCUT2D eigenvalue weighted by molar-refractivity contribution is 7.89. The molecule has 0 saturated heterocycles. The quantitative estimate of drug-likeness (QED) is 0.543. The molecular weight excluding hydrogens is 296 g/mol. The Hall–Kier alpha value is -1.38. The number of unbranched alkanes of at least 4 members (excludes halogenated alkanes) is 1. The minimum absolute atomic E-state index is 0.101. The summed E-state index contributed by atoms with van der Waals surface area (Å²) in [7, 11) is -3.84.